The van der Waals surface area contributed by atoms with Gasteiger partial charge in [-0.2, -0.15) is 5.10 Å². The number of nitrogens with one attached hydrogen (secondary N) is 1. The van der Waals surface area contributed by atoms with Crippen LogP contribution in [0.4, 0.5) is 0 Å². The molecule has 0 spiro atoms. The molecule has 1 aliphatic heterocycles. The average Bonchev–Trinajstić information content (AvgIpc) is 3.08. The highest BCUT2D eigenvalue weighted by Crippen LogP contribution is 2.18. The van der Waals surface area contributed by atoms with Crippen LogP contribution in [0.1, 0.15) is 49.3 Å². The number of piperidine rings is 1. The molecule has 3 rings (SSSR count). The van der Waals surface area contributed by atoms with E-state index in [1.807, 2.05) is 6.07 Å². The van der Waals surface area contributed by atoms with Gasteiger partial charge in [-0.05, 0) is 56.5 Å². The van der Waals surface area contributed by atoms with Crippen LogP contribution in [0.2, 0.25) is 0 Å². The van der Waals surface area contributed by atoms with Gasteiger partial charge >= 0.3 is 0 Å². The van der Waals surface area contributed by atoms with E-state index in [0.29, 0.717) is 12.4 Å². The molecule has 8 heteroatoms. The van der Waals surface area contributed by atoms with Gasteiger partial charge in [-0.1, -0.05) is 18.6 Å². The van der Waals surface area contributed by atoms with Crippen LogP contribution in [0.25, 0.3) is 0 Å². The van der Waals surface area contributed by atoms with E-state index in [1.165, 1.54) is 44.2 Å². The van der Waals surface area contributed by atoms with Gasteiger partial charge in [-0.3, -0.25) is 10.00 Å². The molecule has 1 fully saturated rings. The summed E-state index contributed by atoms with van der Waals surface area (Å²) in [5.41, 5.74) is 1.31. The number of aromatic amines is 1. The molecule has 1 aromatic carbocycles. The van der Waals surface area contributed by atoms with E-state index >= 15 is 0 Å². The minimum Gasteiger partial charge on any atom is -0.494 e. The van der Waals surface area contributed by atoms with Crippen LogP contribution in [0, 0.1) is 0 Å². The van der Waals surface area contributed by atoms with Crippen molar-refractivity contribution in [2.24, 2.45) is 0 Å². The molecule has 0 saturated carbocycles. The molecule has 0 unspecified atom stereocenters. The molecule has 1 saturated heterocycles. The Bertz CT molecular complexity index is 845. The molecule has 0 aliphatic carbocycles. The minimum atomic E-state index is -3.10. The maximum atomic E-state index is 11.3. The number of likely N-dealkylation sites (tertiary alicyclic amines) is 1. The Morgan fingerprint density at radius 1 is 1.18 bits per heavy atom. The summed E-state index contributed by atoms with van der Waals surface area (Å²) in [7, 11) is -3.10. The van der Waals surface area contributed by atoms with Crippen molar-refractivity contribution in [2.45, 2.75) is 50.8 Å². The van der Waals surface area contributed by atoms with E-state index in [0.717, 1.165) is 37.4 Å². The summed E-state index contributed by atoms with van der Waals surface area (Å²) < 4.78 is 28.4. The highest BCUT2D eigenvalue weighted by Gasteiger charge is 2.11. The van der Waals surface area contributed by atoms with Crippen molar-refractivity contribution in [3.8, 4) is 5.75 Å². The van der Waals surface area contributed by atoms with E-state index in [-0.39, 0.29) is 5.75 Å². The second-order valence-corrected chi connectivity index (χ2v) is 9.70. The van der Waals surface area contributed by atoms with Crippen molar-refractivity contribution in [1.82, 2.24) is 20.1 Å². The van der Waals surface area contributed by atoms with Crippen LogP contribution < -0.4 is 4.74 Å². The van der Waals surface area contributed by atoms with Gasteiger partial charge in [-0.15, -0.1) is 0 Å². The zero-order valence-corrected chi connectivity index (χ0v) is 17.4. The fraction of sp³-hybridized carbons (Fsp3) is 0.600. The molecule has 0 bridgehead atoms. The van der Waals surface area contributed by atoms with Crippen LogP contribution in [0.3, 0.4) is 0 Å². The molecular formula is C20H30N4O3S. The molecule has 1 aliphatic rings. The molecule has 154 valence electrons. The lowest BCUT2D eigenvalue weighted by Gasteiger charge is -2.26. The van der Waals surface area contributed by atoms with Crippen molar-refractivity contribution in [3.63, 3.8) is 0 Å². The van der Waals surface area contributed by atoms with Crippen LogP contribution >= 0.6 is 0 Å². The number of unbranched alkanes of at least 4 members (excludes halogenated alkanes) is 1. The first-order valence-electron chi connectivity index (χ1n) is 10.00. The Labute approximate surface area is 167 Å². The van der Waals surface area contributed by atoms with Crippen LogP contribution in [-0.4, -0.2) is 54.5 Å². The molecule has 2 heterocycles. The Balaban J connectivity index is 1.36. The monoisotopic (exact) mass is 406 g/mol. The van der Waals surface area contributed by atoms with Gasteiger partial charge in [0.05, 0.1) is 6.61 Å². The number of benzene rings is 1. The Kier molecular flexibility index (Phi) is 7.44. The molecule has 1 N–H and O–H groups in total. The third-order valence-corrected chi connectivity index (χ3v) is 5.58. The largest absolute Gasteiger partial charge is 0.494 e. The van der Waals surface area contributed by atoms with Crippen molar-refractivity contribution >= 4 is 9.84 Å². The van der Waals surface area contributed by atoms with Crippen molar-refractivity contribution < 1.29 is 13.2 Å². The maximum absolute atomic E-state index is 11.3. The third kappa shape index (κ3) is 7.24. The fourth-order valence-electron chi connectivity index (χ4n) is 3.44. The smallest absolute Gasteiger partial charge is 0.165 e. The number of aromatic nitrogens is 3. The zero-order valence-electron chi connectivity index (χ0n) is 16.6. The van der Waals surface area contributed by atoms with Gasteiger partial charge in [0.2, 0.25) is 0 Å². The second-order valence-electron chi connectivity index (χ2n) is 7.56. The standard InChI is InChI=1S/C20H30N4O3S/c1-28(25,26)16-20-21-19(22-23-20)10-3-6-13-27-18-9-7-8-17(14-18)15-24-11-4-2-5-12-24/h7-9,14H,2-6,10-13,15-16H2,1H3,(H,21,22,23). The Morgan fingerprint density at radius 2 is 2.00 bits per heavy atom. The molecule has 1 aromatic heterocycles. The molecule has 0 amide bonds. The first kappa shape index (κ1) is 20.8. The summed E-state index contributed by atoms with van der Waals surface area (Å²) in [6.45, 7) is 4.03. The molecule has 2 aromatic rings. The van der Waals surface area contributed by atoms with Crippen LogP contribution in [-0.2, 0) is 28.6 Å². The quantitative estimate of drug-likeness (QED) is 0.611. The number of hydrogen-bond acceptors (Lipinski definition) is 6. The van der Waals surface area contributed by atoms with E-state index in [4.69, 9.17) is 4.74 Å². The van der Waals surface area contributed by atoms with E-state index < -0.39 is 9.84 Å². The fourth-order valence-corrected chi connectivity index (χ4v) is 4.04. The average molecular weight is 407 g/mol. The van der Waals surface area contributed by atoms with Gasteiger partial charge in [-0.25, -0.2) is 13.4 Å². The molecule has 0 radical (unpaired) electrons. The predicted molar refractivity (Wildman–Crippen MR) is 109 cm³/mol. The van der Waals surface area contributed by atoms with Crippen molar-refractivity contribution in [1.29, 1.82) is 0 Å². The summed E-state index contributed by atoms with van der Waals surface area (Å²) in [6.07, 6.45) is 7.68. The third-order valence-electron chi connectivity index (χ3n) is 4.80. The maximum Gasteiger partial charge on any atom is 0.165 e. The summed E-state index contributed by atoms with van der Waals surface area (Å²) in [4.78, 5) is 6.74. The number of aryl methyl sites for hydroxylation is 1. The van der Waals surface area contributed by atoms with Gasteiger partial charge in [0, 0.05) is 19.2 Å². The summed E-state index contributed by atoms with van der Waals surface area (Å²) in [5, 5.41) is 6.77. The van der Waals surface area contributed by atoms with Gasteiger partial charge < -0.3 is 4.74 Å². The summed E-state index contributed by atoms with van der Waals surface area (Å²) in [5.74, 6) is 1.85. The zero-order chi connectivity index (χ0) is 19.8. The minimum absolute atomic E-state index is 0.125. The number of nitrogens with zero attached hydrogens (tertiary/aromatic N) is 3. The Hall–Kier alpha value is -1.93. The van der Waals surface area contributed by atoms with Crippen LogP contribution in [0.5, 0.6) is 5.75 Å². The highest BCUT2D eigenvalue weighted by atomic mass is 32.2. The molecular weight excluding hydrogens is 376 g/mol. The van der Waals surface area contributed by atoms with Crippen molar-refractivity contribution in [3.05, 3.63) is 41.5 Å². The number of hydrogen-bond donors (Lipinski definition) is 1. The first-order valence-corrected chi connectivity index (χ1v) is 12.1. The molecule has 0 atom stereocenters. The number of sulfone groups is 1. The summed E-state index contributed by atoms with van der Waals surface area (Å²) >= 11 is 0. The van der Waals surface area contributed by atoms with Gasteiger partial charge in [0.25, 0.3) is 0 Å². The SMILES string of the molecule is CS(=O)(=O)Cc1n[nH]c(CCCCOc2cccc(CN3CCCCC3)c2)n1. The highest BCUT2D eigenvalue weighted by molar-refractivity contribution is 7.89. The number of ether oxygens (including phenoxy) is 1. The van der Waals surface area contributed by atoms with Crippen LogP contribution in [0.15, 0.2) is 24.3 Å². The number of rotatable bonds is 10. The Morgan fingerprint density at radius 3 is 2.79 bits per heavy atom. The molecule has 7 nitrogen and oxygen atoms in total. The lowest BCUT2D eigenvalue weighted by atomic mass is 10.1. The lowest BCUT2D eigenvalue weighted by molar-refractivity contribution is 0.220. The second kappa shape index (κ2) is 10.0. The lowest BCUT2D eigenvalue weighted by Crippen LogP contribution is -2.29. The van der Waals surface area contributed by atoms with E-state index in [1.54, 1.807) is 0 Å². The predicted octanol–water partition coefficient (Wildman–Crippen LogP) is 2.74. The van der Waals surface area contributed by atoms with Gasteiger partial charge in [0.1, 0.15) is 17.3 Å². The number of H-pyrrole nitrogens is 1. The topological polar surface area (TPSA) is 88.2 Å². The van der Waals surface area contributed by atoms with Gasteiger partial charge in [0.15, 0.2) is 15.7 Å². The normalized spacial score (nSPS) is 15.6. The molecule has 28 heavy (non-hydrogen) atoms. The summed E-state index contributed by atoms with van der Waals surface area (Å²) in [6, 6.07) is 8.38. The van der Waals surface area contributed by atoms with Crippen molar-refractivity contribution in [2.75, 3.05) is 26.0 Å². The van der Waals surface area contributed by atoms with E-state index in [9.17, 15) is 8.42 Å². The first-order chi connectivity index (χ1) is 13.5. The van der Waals surface area contributed by atoms with E-state index in [2.05, 4.69) is 38.3 Å².